The number of ether oxygens (including phenoxy) is 1. The third kappa shape index (κ3) is 2.22. The number of halogens is 1. The topological polar surface area (TPSA) is 52.3 Å². The molecule has 1 aromatic rings. The maximum Gasteiger partial charge on any atom is 0.147 e. The summed E-state index contributed by atoms with van der Waals surface area (Å²) >= 11 is 4.98. The van der Waals surface area contributed by atoms with Crippen molar-refractivity contribution in [2.75, 3.05) is 13.2 Å². The summed E-state index contributed by atoms with van der Waals surface area (Å²) in [5, 5.41) is 0. The molecule has 16 heavy (non-hydrogen) atoms. The average Bonchev–Trinajstić information content (AvgIpc) is 2.76. The number of carbonyl (C=O) groups excluding carboxylic acids is 1. The van der Waals surface area contributed by atoms with Crippen molar-refractivity contribution in [1.29, 1.82) is 0 Å². The minimum Gasteiger partial charge on any atom is -0.379 e. The summed E-state index contributed by atoms with van der Waals surface area (Å²) in [6, 6.07) is 3.75. The average molecular weight is 304 g/mol. The van der Waals surface area contributed by atoms with E-state index in [9.17, 15) is 4.79 Å². The predicted octanol–water partition coefficient (Wildman–Crippen LogP) is 1.99. The highest BCUT2D eigenvalue weighted by Gasteiger charge is 2.43. The number of rotatable bonds is 3. The van der Waals surface area contributed by atoms with E-state index in [1.165, 1.54) is 0 Å². The van der Waals surface area contributed by atoms with E-state index in [1.807, 2.05) is 19.1 Å². The van der Waals surface area contributed by atoms with Crippen LogP contribution in [0.4, 0.5) is 0 Å². The highest BCUT2D eigenvalue weighted by Crippen LogP contribution is 2.31. The molecule has 88 valence electrons. The lowest BCUT2D eigenvalue weighted by Gasteiger charge is -2.24. The van der Waals surface area contributed by atoms with Crippen LogP contribution in [0.1, 0.15) is 11.8 Å². The molecular formula is C11H14BrNO2S. The van der Waals surface area contributed by atoms with E-state index in [1.54, 1.807) is 11.3 Å². The summed E-state index contributed by atoms with van der Waals surface area (Å²) in [7, 11) is 0. The smallest absolute Gasteiger partial charge is 0.147 e. The molecule has 2 N–H and O–H groups in total. The van der Waals surface area contributed by atoms with Crippen LogP contribution < -0.4 is 5.73 Å². The van der Waals surface area contributed by atoms with Crippen LogP contribution in [0.3, 0.4) is 0 Å². The number of carbonyl (C=O) groups is 1. The number of hydrogen-bond donors (Lipinski definition) is 1. The Morgan fingerprint density at radius 2 is 2.50 bits per heavy atom. The SMILES string of the molecule is CC1(C(=O)Cc2ccc(Br)s2)COCC1N. The molecule has 2 rings (SSSR count). The summed E-state index contributed by atoms with van der Waals surface area (Å²) in [5.41, 5.74) is 5.40. The van der Waals surface area contributed by atoms with Crippen molar-refractivity contribution in [3.8, 4) is 0 Å². The molecular weight excluding hydrogens is 290 g/mol. The first-order valence-electron chi connectivity index (χ1n) is 5.13. The van der Waals surface area contributed by atoms with Crippen molar-refractivity contribution in [3.63, 3.8) is 0 Å². The zero-order valence-corrected chi connectivity index (χ0v) is 11.4. The van der Waals surface area contributed by atoms with Crippen LogP contribution in [0.15, 0.2) is 15.9 Å². The molecule has 1 aromatic heterocycles. The van der Waals surface area contributed by atoms with E-state index in [0.29, 0.717) is 19.6 Å². The van der Waals surface area contributed by atoms with Gasteiger partial charge in [-0.3, -0.25) is 4.79 Å². The molecule has 3 nitrogen and oxygen atoms in total. The van der Waals surface area contributed by atoms with Crippen molar-refractivity contribution in [2.45, 2.75) is 19.4 Å². The summed E-state index contributed by atoms with van der Waals surface area (Å²) in [5.74, 6) is 0.173. The van der Waals surface area contributed by atoms with Gasteiger partial charge in [0.15, 0.2) is 0 Å². The lowest BCUT2D eigenvalue weighted by molar-refractivity contribution is -0.127. The molecule has 2 atom stereocenters. The quantitative estimate of drug-likeness (QED) is 0.929. The fourth-order valence-corrected chi connectivity index (χ4v) is 3.26. The molecule has 2 unspecified atom stereocenters. The number of hydrogen-bond acceptors (Lipinski definition) is 4. The minimum absolute atomic E-state index is 0.173. The Morgan fingerprint density at radius 3 is 3.00 bits per heavy atom. The third-order valence-electron chi connectivity index (χ3n) is 3.12. The Morgan fingerprint density at radius 1 is 1.75 bits per heavy atom. The maximum absolute atomic E-state index is 12.2. The van der Waals surface area contributed by atoms with E-state index < -0.39 is 5.41 Å². The van der Waals surface area contributed by atoms with Crippen molar-refractivity contribution in [1.82, 2.24) is 0 Å². The van der Waals surface area contributed by atoms with E-state index in [2.05, 4.69) is 15.9 Å². The number of ketones is 1. The Balaban J connectivity index is 2.08. The van der Waals surface area contributed by atoms with Gasteiger partial charge in [-0.15, -0.1) is 11.3 Å². The van der Waals surface area contributed by atoms with Crippen molar-refractivity contribution in [2.24, 2.45) is 11.1 Å². The van der Waals surface area contributed by atoms with Gasteiger partial charge in [-0.2, -0.15) is 0 Å². The van der Waals surface area contributed by atoms with Gasteiger partial charge < -0.3 is 10.5 Å². The minimum atomic E-state index is -0.517. The van der Waals surface area contributed by atoms with Crippen LogP contribution in [-0.2, 0) is 16.0 Å². The number of thiophene rings is 1. The van der Waals surface area contributed by atoms with Crippen LogP contribution in [0.25, 0.3) is 0 Å². The molecule has 0 spiro atoms. The van der Waals surface area contributed by atoms with E-state index >= 15 is 0 Å². The number of nitrogens with two attached hydrogens (primary N) is 1. The standard InChI is InChI=1S/C11H14BrNO2S/c1-11(6-15-5-8(11)13)9(14)4-7-2-3-10(12)16-7/h2-3,8H,4-6,13H2,1H3. The van der Waals surface area contributed by atoms with Crippen molar-refractivity contribution >= 4 is 33.0 Å². The van der Waals surface area contributed by atoms with Crippen LogP contribution in [-0.4, -0.2) is 25.0 Å². The molecule has 0 bridgehead atoms. The second kappa shape index (κ2) is 4.56. The van der Waals surface area contributed by atoms with Gasteiger partial charge in [-0.05, 0) is 35.0 Å². The molecule has 1 fully saturated rings. The van der Waals surface area contributed by atoms with Gasteiger partial charge in [0, 0.05) is 17.3 Å². The second-order valence-corrected chi connectivity index (χ2v) is 6.89. The molecule has 0 aromatic carbocycles. The van der Waals surface area contributed by atoms with Crippen LogP contribution in [0, 0.1) is 5.41 Å². The predicted molar refractivity (Wildman–Crippen MR) is 67.6 cm³/mol. The Kier molecular flexibility index (Phi) is 3.49. The molecule has 0 aliphatic carbocycles. The first kappa shape index (κ1) is 12.2. The van der Waals surface area contributed by atoms with Gasteiger partial charge in [0.2, 0.25) is 0 Å². The molecule has 1 saturated heterocycles. The van der Waals surface area contributed by atoms with Crippen LogP contribution in [0.2, 0.25) is 0 Å². The van der Waals surface area contributed by atoms with E-state index in [0.717, 1.165) is 8.66 Å². The van der Waals surface area contributed by atoms with Gasteiger partial charge in [0.1, 0.15) is 5.78 Å². The van der Waals surface area contributed by atoms with Crippen LogP contribution in [0.5, 0.6) is 0 Å². The van der Waals surface area contributed by atoms with Crippen molar-refractivity contribution in [3.05, 3.63) is 20.8 Å². The molecule has 2 heterocycles. The van der Waals surface area contributed by atoms with Gasteiger partial charge >= 0.3 is 0 Å². The Labute approximate surface area is 107 Å². The Hall–Kier alpha value is -0.230. The zero-order chi connectivity index (χ0) is 11.8. The van der Waals surface area contributed by atoms with Gasteiger partial charge in [-0.1, -0.05) is 0 Å². The van der Waals surface area contributed by atoms with Gasteiger partial charge in [-0.25, -0.2) is 0 Å². The third-order valence-corrected chi connectivity index (χ3v) is 4.74. The molecule has 1 aliphatic rings. The monoisotopic (exact) mass is 303 g/mol. The summed E-state index contributed by atoms with van der Waals surface area (Å²) in [6.45, 7) is 2.82. The largest absolute Gasteiger partial charge is 0.379 e. The van der Waals surface area contributed by atoms with E-state index in [-0.39, 0.29) is 11.8 Å². The number of Topliss-reactive ketones (excluding diaryl/α,β-unsaturated/α-hetero) is 1. The zero-order valence-electron chi connectivity index (χ0n) is 9.03. The maximum atomic E-state index is 12.2. The second-order valence-electron chi connectivity index (χ2n) is 4.34. The summed E-state index contributed by atoms with van der Waals surface area (Å²) < 4.78 is 6.33. The first-order valence-corrected chi connectivity index (χ1v) is 6.74. The van der Waals surface area contributed by atoms with E-state index in [4.69, 9.17) is 10.5 Å². The van der Waals surface area contributed by atoms with Gasteiger partial charge in [0.25, 0.3) is 0 Å². The first-order chi connectivity index (χ1) is 7.52. The molecule has 0 saturated carbocycles. The highest BCUT2D eigenvalue weighted by molar-refractivity contribution is 9.11. The lowest BCUT2D eigenvalue weighted by Crippen LogP contribution is -2.45. The summed E-state index contributed by atoms with van der Waals surface area (Å²) in [4.78, 5) is 13.3. The highest BCUT2D eigenvalue weighted by atomic mass is 79.9. The molecule has 0 amide bonds. The fourth-order valence-electron chi connectivity index (χ4n) is 1.78. The lowest BCUT2D eigenvalue weighted by atomic mass is 9.80. The fraction of sp³-hybridized carbons (Fsp3) is 0.545. The Bertz CT molecular complexity index is 406. The van der Waals surface area contributed by atoms with Crippen LogP contribution >= 0.6 is 27.3 Å². The normalized spacial score (nSPS) is 29.6. The summed E-state index contributed by atoms with van der Waals surface area (Å²) in [6.07, 6.45) is 0.448. The van der Waals surface area contributed by atoms with Gasteiger partial charge in [0.05, 0.1) is 22.4 Å². The molecule has 1 aliphatic heterocycles. The molecule has 5 heteroatoms. The molecule has 0 radical (unpaired) electrons. The van der Waals surface area contributed by atoms with Crippen molar-refractivity contribution < 1.29 is 9.53 Å².